The minimum atomic E-state index is -1.20. The number of amides is 1. The Morgan fingerprint density at radius 2 is 2.05 bits per heavy atom. The minimum absolute atomic E-state index is 0.397. The van der Waals surface area contributed by atoms with Crippen LogP contribution in [0.3, 0.4) is 0 Å². The second kappa shape index (κ2) is 6.10. The zero-order valence-electron chi connectivity index (χ0n) is 12.6. The van der Waals surface area contributed by atoms with E-state index in [2.05, 4.69) is 19.2 Å². The highest BCUT2D eigenvalue weighted by Crippen LogP contribution is 2.47. The lowest BCUT2D eigenvalue weighted by atomic mass is 10.0. The molecule has 1 saturated carbocycles. The summed E-state index contributed by atoms with van der Waals surface area (Å²) in [4.78, 5) is 23.4. The van der Waals surface area contributed by atoms with E-state index in [1.807, 2.05) is 36.9 Å². The Morgan fingerprint density at radius 1 is 1.38 bits per heavy atom. The SMILES string of the molecule is Cc1c(CSC(C)C)cccc1NC(=O)C1(C(=O)O)CC1. The number of hydrogen-bond acceptors (Lipinski definition) is 3. The van der Waals surface area contributed by atoms with Gasteiger partial charge in [0.1, 0.15) is 5.41 Å². The number of carboxylic acid groups (broad SMARTS) is 1. The van der Waals surface area contributed by atoms with Gasteiger partial charge in [0.05, 0.1) is 0 Å². The van der Waals surface area contributed by atoms with E-state index in [4.69, 9.17) is 5.11 Å². The van der Waals surface area contributed by atoms with Crippen LogP contribution in [0.1, 0.15) is 37.8 Å². The molecule has 1 amide bonds. The zero-order chi connectivity index (χ0) is 15.6. The predicted molar refractivity (Wildman–Crippen MR) is 85.5 cm³/mol. The fourth-order valence-corrected chi connectivity index (χ4v) is 2.96. The Bertz CT molecular complexity index is 565. The van der Waals surface area contributed by atoms with Crippen molar-refractivity contribution in [1.29, 1.82) is 0 Å². The molecule has 1 aromatic rings. The second-order valence-electron chi connectivity index (χ2n) is 5.79. The summed E-state index contributed by atoms with van der Waals surface area (Å²) in [7, 11) is 0. The van der Waals surface area contributed by atoms with Gasteiger partial charge in [0.25, 0.3) is 0 Å². The van der Waals surface area contributed by atoms with Crippen LogP contribution < -0.4 is 5.32 Å². The van der Waals surface area contributed by atoms with Gasteiger partial charge in [0, 0.05) is 11.4 Å². The molecule has 5 heteroatoms. The number of hydrogen-bond donors (Lipinski definition) is 2. The molecule has 0 heterocycles. The van der Waals surface area contributed by atoms with Crippen molar-refractivity contribution >= 4 is 29.3 Å². The number of aliphatic carboxylic acids is 1. The summed E-state index contributed by atoms with van der Waals surface area (Å²) in [6, 6.07) is 5.78. The summed E-state index contributed by atoms with van der Waals surface area (Å²) < 4.78 is 0. The number of anilines is 1. The topological polar surface area (TPSA) is 66.4 Å². The van der Waals surface area contributed by atoms with E-state index in [0.29, 0.717) is 18.1 Å². The van der Waals surface area contributed by atoms with Crippen LogP contribution in [0.15, 0.2) is 18.2 Å². The van der Waals surface area contributed by atoms with E-state index in [0.717, 1.165) is 17.0 Å². The van der Waals surface area contributed by atoms with E-state index in [9.17, 15) is 9.59 Å². The lowest BCUT2D eigenvalue weighted by molar-refractivity contribution is -0.147. The maximum atomic E-state index is 12.2. The Morgan fingerprint density at radius 3 is 2.57 bits per heavy atom. The summed E-state index contributed by atoms with van der Waals surface area (Å²) in [6.45, 7) is 6.26. The van der Waals surface area contributed by atoms with Crippen molar-refractivity contribution in [2.45, 2.75) is 44.6 Å². The van der Waals surface area contributed by atoms with Gasteiger partial charge in [-0.1, -0.05) is 26.0 Å². The summed E-state index contributed by atoms with van der Waals surface area (Å²) in [5.74, 6) is -0.534. The van der Waals surface area contributed by atoms with Gasteiger partial charge >= 0.3 is 5.97 Å². The van der Waals surface area contributed by atoms with Gasteiger partial charge in [-0.25, -0.2) is 0 Å². The van der Waals surface area contributed by atoms with Crippen LogP contribution >= 0.6 is 11.8 Å². The van der Waals surface area contributed by atoms with Crippen LogP contribution in [0.25, 0.3) is 0 Å². The van der Waals surface area contributed by atoms with Gasteiger partial charge in [-0.05, 0) is 42.2 Å². The van der Waals surface area contributed by atoms with Crippen molar-refractivity contribution in [3.8, 4) is 0 Å². The third-order valence-electron chi connectivity index (χ3n) is 3.86. The van der Waals surface area contributed by atoms with Crippen LogP contribution in [0, 0.1) is 12.3 Å². The molecule has 2 rings (SSSR count). The third-order valence-corrected chi connectivity index (χ3v) is 5.00. The maximum Gasteiger partial charge on any atom is 0.319 e. The molecule has 0 aliphatic heterocycles. The molecule has 1 fully saturated rings. The number of nitrogens with one attached hydrogen (secondary N) is 1. The van der Waals surface area contributed by atoms with Crippen molar-refractivity contribution in [2.75, 3.05) is 5.32 Å². The summed E-state index contributed by atoms with van der Waals surface area (Å²) in [5, 5.41) is 12.5. The van der Waals surface area contributed by atoms with Crippen LogP contribution in [0.2, 0.25) is 0 Å². The van der Waals surface area contributed by atoms with Gasteiger partial charge in [0.2, 0.25) is 5.91 Å². The number of benzene rings is 1. The Balaban J connectivity index is 2.12. The summed E-state index contributed by atoms with van der Waals surface area (Å²) in [5.41, 5.74) is 1.70. The molecule has 114 valence electrons. The molecule has 1 aliphatic rings. The van der Waals surface area contributed by atoms with Gasteiger partial charge < -0.3 is 10.4 Å². The van der Waals surface area contributed by atoms with E-state index < -0.39 is 17.3 Å². The Labute approximate surface area is 129 Å². The van der Waals surface area contributed by atoms with E-state index in [-0.39, 0.29) is 0 Å². The molecule has 0 atom stereocenters. The molecule has 2 N–H and O–H groups in total. The Kier molecular flexibility index (Phi) is 4.61. The van der Waals surface area contributed by atoms with E-state index >= 15 is 0 Å². The smallest absolute Gasteiger partial charge is 0.319 e. The number of carboxylic acids is 1. The second-order valence-corrected chi connectivity index (χ2v) is 7.36. The molecule has 1 aliphatic carbocycles. The first kappa shape index (κ1) is 15.9. The van der Waals surface area contributed by atoms with Crippen molar-refractivity contribution in [1.82, 2.24) is 0 Å². The molecular weight excluding hydrogens is 286 g/mol. The molecule has 0 aromatic heterocycles. The number of thioether (sulfide) groups is 1. The van der Waals surface area contributed by atoms with E-state index in [1.54, 1.807) is 0 Å². The highest BCUT2D eigenvalue weighted by atomic mass is 32.2. The van der Waals surface area contributed by atoms with Crippen molar-refractivity contribution in [3.63, 3.8) is 0 Å². The standard InChI is InChI=1S/C16H21NO3S/c1-10(2)21-9-12-5-4-6-13(11(12)3)17-14(18)16(7-8-16)15(19)20/h4-6,10H,7-9H2,1-3H3,(H,17,18)(H,19,20). The zero-order valence-corrected chi connectivity index (χ0v) is 13.4. The largest absolute Gasteiger partial charge is 0.480 e. The van der Waals surface area contributed by atoms with Gasteiger partial charge in [-0.3, -0.25) is 9.59 Å². The molecule has 21 heavy (non-hydrogen) atoms. The molecule has 0 bridgehead atoms. The van der Waals surface area contributed by atoms with Crippen molar-refractivity contribution in [3.05, 3.63) is 29.3 Å². The molecule has 4 nitrogen and oxygen atoms in total. The molecule has 0 unspecified atom stereocenters. The fraction of sp³-hybridized carbons (Fsp3) is 0.500. The predicted octanol–water partition coefficient (Wildman–Crippen LogP) is 3.44. The number of carbonyl (C=O) groups is 2. The highest BCUT2D eigenvalue weighted by molar-refractivity contribution is 7.99. The van der Waals surface area contributed by atoms with Crippen molar-refractivity contribution in [2.24, 2.45) is 5.41 Å². The Hall–Kier alpha value is -1.49. The van der Waals surface area contributed by atoms with Crippen LogP contribution in [0.4, 0.5) is 5.69 Å². The lowest BCUT2D eigenvalue weighted by Crippen LogP contribution is -2.31. The summed E-state index contributed by atoms with van der Waals surface area (Å²) in [6.07, 6.45) is 0.853. The first-order chi connectivity index (χ1) is 9.86. The third kappa shape index (κ3) is 3.40. The molecule has 1 aromatic carbocycles. The average molecular weight is 307 g/mol. The lowest BCUT2D eigenvalue weighted by Gasteiger charge is -2.15. The van der Waals surface area contributed by atoms with Gasteiger partial charge in [-0.2, -0.15) is 11.8 Å². The first-order valence-electron chi connectivity index (χ1n) is 7.12. The maximum absolute atomic E-state index is 12.2. The fourth-order valence-electron chi connectivity index (χ4n) is 2.14. The van der Waals surface area contributed by atoms with Gasteiger partial charge in [-0.15, -0.1) is 0 Å². The molecule has 0 saturated heterocycles. The van der Waals surface area contributed by atoms with Crippen LogP contribution in [-0.2, 0) is 15.3 Å². The minimum Gasteiger partial charge on any atom is -0.480 e. The van der Waals surface area contributed by atoms with E-state index in [1.165, 1.54) is 5.56 Å². The highest BCUT2D eigenvalue weighted by Gasteiger charge is 2.57. The van der Waals surface area contributed by atoms with Crippen LogP contribution in [0.5, 0.6) is 0 Å². The van der Waals surface area contributed by atoms with Crippen molar-refractivity contribution < 1.29 is 14.7 Å². The van der Waals surface area contributed by atoms with Gasteiger partial charge in [0.15, 0.2) is 0 Å². The first-order valence-corrected chi connectivity index (χ1v) is 8.16. The number of carbonyl (C=O) groups excluding carboxylic acids is 1. The number of rotatable bonds is 6. The summed E-state index contributed by atoms with van der Waals surface area (Å²) >= 11 is 1.84. The molecule has 0 spiro atoms. The quantitative estimate of drug-likeness (QED) is 0.790. The molecule has 0 radical (unpaired) electrons. The normalized spacial score (nSPS) is 15.8. The van der Waals surface area contributed by atoms with Crippen LogP contribution in [-0.4, -0.2) is 22.2 Å². The monoisotopic (exact) mass is 307 g/mol. The molecular formula is C16H21NO3S. The average Bonchev–Trinajstić information content (AvgIpc) is 3.21.